The summed E-state index contributed by atoms with van der Waals surface area (Å²) in [7, 11) is -2.65. The van der Waals surface area contributed by atoms with Gasteiger partial charge in [-0.1, -0.05) is 29.5 Å². The van der Waals surface area contributed by atoms with Crippen LogP contribution in [0.2, 0.25) is 0 Å². The van der Waals surface area contributed by atoms with E-state index >= 15 is 0 Å². The fraction of sp³-hybridized carbons (Fsp3) is 0.278. The van der Waals surface area contributed by atoms with Crippen molar-refractivity contribution in [2.45, 2.75) is 19.1 Å². The molecule has 4 aromatic rings. The lowest BCUT2D eigenvalue weighted by Crippen LogP contribution is -2.35. The molecule has 0 bridgehead atoms. The number of alkyl halides is 3. The van der Waals surface area contributed by atoms with Crippen LogP contribution in [0, 0.1) is 0 Å². The molecule has 30 heavy (non-hydrogen) atoms. The Bertz CT molecular complexity index is 1350. The molecular weight excluding hydrogens is 439 g/mol. The van der Waals surface area contributed by atoms with E-state index in [1.54, 1.807) is 36.8 Å². The molecule has 0 radical (unpaired) electrons. The molecule has 158 valence electrons. The minimum absolute atomic E-state index is 0.524. The van der Waals surface area contributed by atoms with Gasteiger partial charge < -0.3 is 4.57 Å². The van der Waals surface area contributed by atoms with Crippen molar-refractivity contribution in [3.8, 4) is 10.6 Å². The number of halogens is 3. The number of sulfonamides is 1. The third-order valence-corrected chi connectivity index (χ3v) is 6.88. The molecule has 1 N–H and O–H groups in total. The van der Waals surface area contributed by atoms with Crippen LogP contribution in [-0.4, -0.2) is 39.9 Å². The average Bonchev–Trinajstić information content (AvgIpc) is 3.22. The van der Waals surface area contributed by atoms with E-state index in [-0.39, 0.29) is 0 Å². The maximum absolute atomic E-state index is 12.5. The summed E-state index contributed by atoms with van der Waals surface area (Å²) in [6, 6.07) is 6.03. The van der Waals surface area contributed by atoms with Gasteiger partial charge in [-0.15, -0.1) is 0 Å². The van der Waals surface area contributed by atoms with E-state index in [1.807, 2.05) is 11.6 Å². The number of imidazole rings is 1. The van der Waals surface area contributed by atoms with E-state index in [1.165, 1.54) is 18.3 Å². The van der Waals surface area contributed by atoms with Crippen LogP contribution in [0.3, 0.4) is 0 Å². The van der Waals surface area contributed by atoms with Crippen LogP contribution < -0.4 is 4.72 Å². The Morgan fingerprint density at radius 2 is 2.03 bits per heavy atom. The second kappa shape index (κ2) is 7.29. The molecule has 0 aliphatic rings. The van der Waals surface area contributed by atoms with Crippen molar-refractivity contribution in [3.63, 3.8) is 0 Å². The lowest BCUT2D eigenvalue weighted by atomic mass is 10.1. The first-order chi connectivity index (χ1) is 14.0. The van der Waals surface area contributed by atoms with Gasteiger partial charge in [-0.25, -0.2) is 28.1 Å². The molecule has 7 nitrogen and oxygen atoms in total. The number of thiazole rings is 1. The van der Waals surface area contributed by atoms with Crippen molar-refractivity contribution in [2.75, 3.05) is 5.75 Å². The summed E-state index contributed by atoms with van der Waals surface area (Å²) in [5, 5.41) is 0.665. The zero-order valence-electron chi connectivity index (χ0n) is 15.8. The van der Waals surface area contributed by atoms with Crippen LogP contribution in [0.25, 0.3) is 32.0 Å². The first-order valence-corrected chi connectivity index (χ1v) is 11.2. The molecule has 0 aliphatic heterocycles. The second-order valence-corrected chi connectivity index (χ2v) is 9.59. The highest BCUT2D eigenvalue weighted by Gasteiger charge is 2.35. The van der Waals surface area contributed by atoms with Gasteiger partial charge in [0, 0.05) is 18.7 Å². The fourth-order valence-electron chi connectivity index (χ4n) is 3.16. The number of nitrogens with one attached hydrogen (secondary N) is 1. The van der Waals surface area contributed by atoms with E-state index in [9.17, 15) is 21.6 Å². The Labute approximate surface area is 173 Å². The fourth-order valence-corrected chi connectivity index (χ4v) is 5.26. The normalized spacial score (nSPS) is 13.9. The summed E-state index contributed by atoms with van der Waals surface area (Å²) < 4.78 is 64.9. The van der Waals surface area contributed by atoms with Crippen molar-refractivity contribution >= 4 is 42.7 Å². The summed E-state index contributed by atoms with van der Waals surface area (Å²) >= 11 is 1.37. The number of nitrogens with zero attached hydrogens (tertiary/aromatic N) is 4. The molecule has 0 aliphatic carbocycles. The van der Waals surface area contributed by atoms with Gasteiger partial charge >= 0.3 is 6.18 Å². The van der Waals surface area contributed by atoms with Crippen molar-refractivity contribution in [2.24, 2.45) is 7.05 Å². The zero-order valence-corrected chi connectivity index (χ0v) is 17.4. The number of hydrogen-bond acceptors (Lipinski definition) is 6. The maximum Gasteiger partial charge on any atom is 0.404 e. The average molecular weight is 455 g/mol. The van der Waals surface area contributed by atoms with Crippen LogP contribution >= 0.6 is 11.3 Å². The van der Waals surface area contributed by atoms with E-state index in [2.05, 4.69) is 19.7 Å². The molecular formula is C18H16F3N5O2S2. The third kappa shape index (κ3) is 4.16. The Morgan fingerprint density at radius 3 is 2.77 bits per heavy atom. The minimum Gasteiger partial charge on any atom is -0.332 e. The van der Waals surface area contributed by atoms with Crippen molar-refractivity contribution in [1.29, 1.82) is 0 Å². The van der Waals surface area contributed by atoms with Gasteiger partial charge in [0.25, 0.3) is 0 Å². The Kier molecular flexibility index (Phi) is 5.03. The minimum atomic E-state index is -4.81. The molecule has 0 amide bonds. The summed E-state index contributed by atoms with van der Waals surface area (Å²) in [6.45, 7) is 1.49. The number of benzene rings is 1. The highest BCUT2D eigenvalue weighted by molar-refractivity contribution is 7.89. The van der Waals surface area contributed by atoms with Gasteiger partial charge in [-0.05, 0) is 18.6 Å². The molecule has 3 aromatic heterocycles. The Morgan fingerprint density at radius 1 is 1.27 bits per heavy atom. The van der Waals surface area contributed by atoms with Crippen LogP contribution in [0.15, 0.2) is 36.8 Å². The molecule has 0 spiro atoms. The summed E-state index contributed by atoms with van der Waals surface area (Å²) in [4.78, 5) is 14.1. The quantitative estimate of drug-likeness (QED) is 0.495. The van der Waals surface area contributed by atoms with Crippen molar-refractivity contribution in [3.05, 3.63) is 42.4 Å². The van der Waals surface area contributed by atoms with Gasteiger partial charge in [-0.2, -0.15) is 13.2 Å². The van der Waals surface area contributed by atoms with Crippen LogP contribution in [0.5, 0.6) is 0 Å². The molecule has 4 rings (SSSR count). The predicted octanol–water partition coefficient (Wildman–Crippen LogP) is 3.79. The van der Waals surface area contributed by atoms with E-state index in [0.29, 0.717) is 21.7 Å². The standard InChI is InChI=1S/C18H16F3N5O2S2/c1-10(25-30(27,28)8-18(19,20)21)11-4-3-5-12(6-11)16-24-14-15-13(23-9-26(15)2)7-22-17(14)29-16/h3-7,9-10,25H,8H2,1-2H3/t10-/m0/s1. The second-order valence-electron chi connectivity index (χ2n) is 6.86. The lowest BCUT2D eigenvalue weighted by molar-refractivity contribution is -0.106. The molecule has 1 aromatic carbocycles. The third-order valence-electron chi connectivity index (χ3n) is 4.45. The van der Waals surface area contributed by atoms with Crippen LogP contribution in [-0.2, 0) is 17.1 Å². The molecule has 12 heteroatoms. The van der Waals surface area contributed by atoms with E-state index in [4.69, 9.17) is 0 Å². The number of rotatable bonds is 5. The smallest absolute Gasteiger partial charge is 0.332 e. The summed E-state index contributed by atoms with van der Waals surface area (Å²) in [5.41, 5.74) is 3.52. The van der Waals surface area contributed by atoms with Crippen molar-refractivity contribution < 1.29 is 21.6 Å². The highest BCUT2D eigenvalue weighted by atomic mass is 32.2. The SMILES string of the molecule is C[C@H](NS(=O)(=O)CC(F)(F)F)c1cccc(-c2nc3c(ncc4ncn(C)c43)s2)c1. The van der Waals surface area contributed by atoms with Gasteiger partial charge in [0.05, 0.1) is 18.0 Å². The molecule has 0 saturated carbocycles. The molecule has 0 unspecified atom stereocenters. The monoisotopic (exact) mass is 455 g/mol. The van der Waals surface area contributed by atoms with Crippen LogP contribution in [0.1, 0.15) is 18.5 Å². The number of pyridine rings is 1. The van der Waals surface area contributed by atoms with E-state index in [0.717, 1.165) is 15.9 Å². The largest absolute Gasteiger partial charge is 0.404 e. The van der Waals surface area contributed by atoms with Gasteiger partial charge in [0.15, 0.2) is 5.75 Å². The van der Waals surface area contributed by atoms with Gasteiger partial charge in [0.1, 0.15) is 20.9 Å². The van der Waals surface area contributed by atoms with E-state index < -0.39 is 28.0 Å². The van der Waals surface area contributed by atoms with Crippen LogP contribution in [0.4, 0.5) is 13.2 Å². The highest BCUT2D eigenvalue weighted by Crippen LogP contribution is 2.33. The molecule has 3 heterocycles. The Hall–Kier alpha value is -2.57. The van der Waals surface area contributed by atoms with Gasteiger partial charge in [0.2, 0.25) is 10.0 Å². The molecule has 1 atom stereocenters. The lowest BCUT2D eigenvalue weighted by Gasteiger charge is -2.16. The molecule has 0 saturated heterocycles. The Balaban J connectivity index is 1.66. The first-order valence-electron chi connectivity index (χ1n) is 8.76. The summed E-state index contributed by atoms with van der Waals surface area (Å²) in [5.74, 6) is -1.92. The molecule has 0 fully saturated rings. The summed E-state index contributed by atoms with van der Waals surface area (Å²) in [6.07, 6.45) is -1.45. The number of aromatic nitrogens is 4. The number of aryl methyl sites for hydroxylation is 1. The number of hydrogen-bond donors (Lipinski definition) is 1. The first kappa shape index (κ1) is 20.7. The number of fused-ring (bicyclic) bond motifs is 3. The predicted molar refractivity (Wildman–Crippen MR) is 109 cm³/mol. The topological polar surface area (TPSA) is 89.8 Å². The van der Waals surface area contributed by atoms with Gasteiger partial charge in [-0.3, -0.25) is 0 Å². The zero-order chi connectivity index (χ0) is 21.7. The maximum atomic E-state index is 12.5. The van der Waals surface area contributed by atoms with Crippen molar-refractivity contribution in [1.82, 2.24) is 24.2 Å².